The van der Waals surface area contributed by atoms with E-state index in [9.17, 15) is 18.0 Å². The van der Waals surface area contributed by atoms with Crippen molar-refractivity contribution >= 4 is 33.6 Å². The summed E-state index contributed by atoms with van der Waals surface area (Å²) in [6.45, 7) is 4.46. The van der Waals surface area contributed by atoms with Crippen LogP contribution in [0.3, 0.4) is 0 Å². The van der Waals surface area contributed by atoms with Gasteiger partial charge in [-0.25, -0.2) is 18.7 Å². The Kier molecular flexibility index (Phi) is 11.5. The molecule has 1 aliphatic heterocycles. The number of hydrogen-bond donors (Lipinski definition) is 2. The molecule has 1 aliphatic rings. The van der Waals surface area contributed by atoms with Crippen LogP contribution in [0.25, 0.3) is 6.08 Å². The van der Waals surface area contributed by atoms with Crippen molar-refractivity contribution in [2.24, 2.45) is 17.8 Å². The molecule has 39 heavy (non-hydrogen) atoms. The maximum Gasteiger partial charge on any atom is 0.249 e. The van der Waals surface area contributed by atoms with E-state index in [4.69, 9.17) is 9.57 Å². The molecular formula is C29H39N3O6S. The molecular weight excluding hydrogens is 518 g/mol. The molecule has 0 saturated carbocycles. The quantitative estimate of drug-likeness (QED) is 0.352. The van der Waals surface area contributed by atoms with Gasteiger partial charge >= 0.3 is 0 Å². The summed E-state index contributed by atoms with van der Waals surface area (Å²) in [5.41, 5.74) is 6.33. The smallest absolute Gasteiger partial charge is 0.249 e. The molecule has 3 atom stereocenters. The highest BCUT2D eigenvalue weighted by Gasteiger charge is 2.36. The van der Waals surface area contributed by atoms with Crippen LogP contribution in [0.2, 0.25) is 0 Å². The number of benzene rings is 2. The highest BCUT2D eigenvalue weighted by molar-refractivity contribution is 7.92. The molecule has 1 saturated heterocycles. The predicted molar refractivity (Wildman–Crippen MR) is 151 cm³/mol. The SMILES string of the molecule is CC(C)C[C@@H](C(=O)NN(c1ccccc1)S(C)(=O)=O)[C@H](C/C=C/c1ccccc1)C(=O)NOC1CCCCO1. The zero-order chi connectivity index (χ0) is 28.3. The molecule has 0 aliphatic carbocycles. The van der Waals surface area contributed by atoms with E-state index in [1.807, 2.05) is 56.3 Å². The summed E-state index contributed by atoms with van der Waals surface area (Å²) in [5.74, 6) is -2.64. The van der Waals surface area contributed by atoms with Crippen molar-refractivity contribution in [3.63, 3.8) is 0 Å². The molecule has 9 nitrogen and oxygen atoms in total. The van der Waals surface area contributed by atoms with Gasteiger partial charge in [0.15, 0.2) is 6.29 Å². The second-order valence-electron chi connectivity index (χ2n) is 10.1. The summed E-state index contributed by atoms with van der Waals surface area (Å²) in [4.78, 5) is 32.7. The highest BCUT2D eigenvalue weighted by atomic mass is 32.2. The number of amides is 2. The number of hydrazine groups is 1. The van der Waals surface area contributed by atoms with Crippen LogP contribution in [-0.2, 0) is 29.2 Å². The molecule has 0 bridgehead atoms. The third-order valence-corrected chi connectivity index (χ3v) is 7.31. The first-order valence-corrected chi connectivity index (χ1v) is 15.1. The number of carbonyl (C=O) groups excluding carboxylic acids is 2. The van der Waals surface area contributed by atoms with E-state index in [1.165, 1.54) is 0 Å². The van der Waals surface area contributed by atoms with Gasteiger partial charge in [-0.15, -0.1) is 0 Å². The van der Waals surface area contributed by atoms with Crippen LogP contribution in [-0.4, -0.2) is 39.4 Å². The molecule has 1 fully saturated rings. The Morgan fingerprint density at radius 2 is 1.69 bits per heavy atom. The third kappa shape index (κ3) is 9.80. The molecule has 2 aromatic rings. The average Bonchev–Trinajstić information content (AvgIpc) is 2.92. The number of hydrogen-bond acceptors (Lipinski definition) is 6. The van der Waals surface area contributed by atoms with E-state index < -0.39 is 40.0 Å². The summed E-state index contributed by atoms with van der Waals surface area (Å²) in [5, 5.41) is 0. The fraction of sp³-hybridized carbons (Fsp3) is 0.448. The molecule has 2 aromatic carbocycles. The first-order chi connectivity index (χ1) is 18.6. The molecule has 2 N–H and O–H groups in total. The van der Waals surface area contributed by atoms with Crippen LogP contribution in [0.15, 0.2) is 66.7 Å². The summed E-state index contributed by atoms with van der Waals surface area (Å²) in [6, 6.07) is 17.9. The number of sulfonamides is 1. The van der Waals surface area contributed by atoms with E-state index in [2.05, 4.69) is 10.9 Å². The number of ether oxygens (including phenoxy) is 1. The summed E-state index contributed by atoms with van der Waals surface area (Å²) in [6.07, 6.45) is 7.35. The van der Waals surface area contributed by atoms with Crippen LogP contribution in [0.1, 0.15) is 51.5 Å². The first kappa shape index (κ1) is 30.3. The van der Waals surface area contributed by atoms with Crippen molar-refractivity contribution < 1.29 is 27.6 Å². The maximum absolute atomic E-state index is 13.7. The second-order valence-corrected chi connectivity index (χ2v) is 11.9. The van der Waals surface area contributed by atoms with Gasteiger partial charge in [0.25, 0.3) is 0 Å². The number of nitrogens with one attached hydrogen (secondary N) is 2. The number of anilines is 1. The van der Waals surface area contributed by atoms with Crippen molar-refractivity contribution in [1.82, 2.24) is 10.9 Å². The third-order valence-electron chi connectivity index (χ3n) is 6.35. The van der Waals surface area contributed by atoms with E-state index in [0.717, 1.165) is 29.1 Å². The molecule has 1 unspecified atom stereocenters. The lowest BCUT2D eigenvalue weighted by Gasteiger charge is -2.30. The zero-order valence-corrected chi connectivity index (χ0v) is 23.6. The molecule has 0 spiro atoms. The van der Waals surface area contributed by atoms with Gasteiger partial charge in [0.1, 0.15) is 0 Å². The van der Waals surface area contributed by atoms with Gasteiger partial charge in [-0.2, -0.15) is 4.41 Å². The fourth-order valence-electron chi connectivity index (χ4n) is 4.42. The predicted octanol–water partition coefficient (Wildman–Crippen LogP) is 4.44. The standard InChI is InChI=1S/C29H39N3O6S/c1-22(2)21-26(28(33)30-32(39(3,35)36)24-16-8-5-9-17-24)25(18-12-15-23-13-6-4-7-14-23)29(34)31-38-27-19-10-11-20-37-27/h4-9,12-17,22,25-27H,10-11,18-21H2,1-3H3,(H,30,33)(H,31,34)/b15-12+/t25-,26+,27?/m0/s1. The maximum atomic E-state index is 13.7. The van der Waals surface area contributed by atoms with E-state index >= 15 is 0 Å². The van der Waals surface area contributed by atoms with E-state index in [0.29, 0.717) is 25.1 Å². The Labute approximate surface area is 231 Å². The Hall–Kier alpha value is -3.21. The number of para-hydroxylation sites is 1. The largest absolute Gasteiger partial charge is 0.350 e. The van der Waals surface area contributed by atoms with Gasteiger partial charge in [-0.1, -0.05) is 74.5 Å². The minimum absolute atomic E-state index is 0.0557. The van der Waals surface area contributed by atoms with E-state index in [1.54, 1.807) is 30.3 Å². The lowest BCUT2D eigenvalue weighted by molar-refractivity contribution is -0.203. The Bertz CT molecular complexity index is 1180. The molecule has 10 heteroatoms. The van der Waals surface area contributed by atoms with Gasteiger partial charge in [0.2, 0.25) is 21.8 Å². The Morgan fingerprint density at radius 1 is 1.03 bits per heavy atom. The number of nitrogens with zero attached hydrogens (tertiary/aromatic N) is 1. The minimum Gasteiger partial charge on any atom is -0.350 e. The van der Waals surface area contributed by atoms with Gasteiger partial charge in [-0.05, 0) is 49.3 Å². The van der Waals surface area contributed by atoms with Gasteiger partial charge in [-0.3, -0.25) is 15.0 Å². The monoisotopic (exact) mass is 557 g/mol. The summed E-state index contributed by atoms with van der Waals surface area (Å²) < 4.78 is 31.6. The van der Waals surface area contributed by atoms with Crippen molar-refractivity contribution in [2.45, 2.75) is 52.2 Å². The molecule has 1 heterocycles. The fourth-order valence-corrected chi connectivity index (χ4v) is 5.18. The topological polar surface area (TPSA) is 114 Å². The minimum atomic E-state index is -3.85. The van der Waals surface area contributed by atoms with Crippen LogP contribution >= 0.6 is 0 Å². The number of hydroxylamine groups is 1. The number of rotatable bonds is 13. The molecule has 2 amide bonds. The van der Waals surface area contributed by atoms with Gasteiger partial charge in [0, 0.05) is 13.0 Å². The van der Waals surface area contributed by atoms with Crippen molar-refractivity contribution in [1.29, 1.82) is 0 Å². The zero-order valence-electron chi connectivity index (χ0n) is 22.8. The van der Waals surface area contributed by atoms with Crippen LogP contribution < -0.4 is 15.3 Å². The Balaban J connectivity index is 1.86. The molecule has 0 aromatic heterocycles. The second kappa shape index (κ2) is 14.8. The van der Waals surface area contributed by atoms with Crippen LogP contribution in [0.4, 0.5) is 5.69 Å². The van der Waals surface area contributed by atoms with Gasteiger partial charge < -0.3 is 4.74 Å². The van der Waals surface area contributed by atoms with Crippen LogP contribution in [0.5, 0.6) is 0 Å². The summed E-state index contributed by atoms with van der Waals surface area (Å²) >= 11 is 0. The van der Waals surface area contributed by atoms with Crippen molar-refractivity contribution in [3.8, 4) is 0 Å². The number of allylic oxidation sites excluding steroid dienone is 1. The summed E-state index contributed by atoms with van der Waals surface area (Å²) in [7, 11) is -3.85. The highest BCUT2D eigenvalue weighted by Crippen LogP contribution is 2.27. The lowest BCUT2D eigenvalue weighted by Crippen LogP contribution is -2.51. The van der Waals surface area contributed by atoms with E-state index in [-0.39, 0.29) is 12.3 Å². The lowest BCUT2D eigenvalue weighted by atomic mass is 9.82. The number of carbonyl (C=O) groups is 2. The normalized spacial score (nSPS) is 17.5. The van der Waals surface area contributed by atoms with Gasteiger partial charge in [0.05, 0.1) is 23.8 Å². The average molecular weight is 558 g/mol. The Morgan fingerprint density at radius 3 is 2.28 bits per heavy atom. The van der Waals surface area contributed by atoms with Crippen LogP contribution in [0, 0.1) is 17.8 Å². The molecule has 0 radical (unpaired) electrons. The molecule has 3 rings (SSSR count). The van der Waals surface area contributed by atoms with Crippen molar-refractivity contribution in [2.75, 3.05) is 17.3 Å². The molecule has 212 valence electrons. The van der Waals surface area contributed by atoms with Crippen molar-refractivity contribution in [3.05, 3.63) is 72.3 Å². The first-order valence-electron chi connectivity index (χ1n) is 13.3.